The highest BCUT2D eigenvalue weighted by molar-refractivity contribution is 5.93. The van der Waals surface area contributed by atoms with Crippen molar-refractivity contribution < 1.29 is 19.1 Å². The number of hydrogen-bond donors (Lipinski definition) is 3. The van der Waals surface area contributed by atoms with Crippen molar-refractivity contribution in [2.24, 2.45) is 5.41 Å². The van der Waals surface area contributed by atoms with Crippen molar-refractivity contribution in [2.75, 3.05) is 26.7 Å². The number of benzene rings is 2. The molecule has 2 aromatic carbocycles. The van der Waals surface area contributed by atoms with E-state index in [0.717, 1.165) is 16.9 Å². The van der Waals surface area contributed by atoms with Gasteiger partial charge in [0.05, 0.1) is 12.5 Å². The number of amides is 4. The van der Waals surface area contributed by atoms with Crippen molar-refractivity contribution in [3.63, 3.8) is 0 Å². The maximum absolute atomic E-state index is 13.2. The zero-order valence-electron chi connectivity index (χ0n) is 17.4. The molecule has 2 aliphatic rings. The van der Waals surface area contributed by atoms with Gasteiger partial charge in [-0.25, -0.2) is 4.79 Å². The lowest BCUT2D eigenvalue weighted by atomic mass is 9.73. The summed E-state index contributed by atoms with van der Waals surface area (Å²) in [6.45, 7) is 1.31. The number of carbonyl (C=O) groups excluding carboxylic acids is 3. The number of nitrogens with one attached hydrogen (secondary N) is 3. The summed E-state index contributed by atoms with van der Waals surface area (Å²) < 4.78 is 5.17. The minimum absolute atomic E-state index is 0.0789. The first-order chi connectivity index (χ1) is 15.0. The average Bonchev–Trinajstić information content (AvgIpc) is 3.21. The Hall–Kier alpha value is -3.55. The predicted molar refractivity (Wildman–Crippen MR) is 114 cm³/mol. The van der Waals surface area contributed by atoms with Crippen LogP contribution in [0.5, 0.6) is 5.75 Å². The summed E-state index contributed by atoms with van der Waals surface area (Å²) in [5, 5.41) is 8.25. The second-order valence-corrected chi connectivity index (χ2v) is 8.07. The van der Waals surface area contributed by atoms with E-state index in [-0.39, 0.29) is 24.4 Å². The zero-order chi connectivity index (χ0) is 21.8. The summed E-state index contributed by atoms with van der Waals surface area (Å²) in [4.78, 5) is 38.9. The second-order valence-electron chi connectivity index (χ2n) is 8.07. The lowest BCUT2D eigenvalue weighted by Crippen LogP contribution is -2.67. The van der Waals surface area contributed by atoms with E-state index in [2.05, 4.69) is 16.0 Å². The van der Waals surface area contributed by atoms with Crippen LogP contribution in [0.3, 0.4) is 0 Å². The molecule has 0 spiro atoms. The highest BCUT2D eigenvalue weighted by atomic mass is 16.5. The second kappa shape index (κ2) is 8.67. The Balaban J connectivity index is 1.43. The van der Waals surface area contributed by atoms with Gasteiger partial charge in [-0.1, -0.05) is 42.5 Å². The molecule has 2 saturated heterocycles. The van der Waals surface area contributed by atoms with Gasteiger partial charge in [0.25, 0.3) is 0 Å². The third-order valence-electron chi connectivity index (χ3n) is 5.85. The Morgan fingerprint density at radius 1 is 1.10 bits per heavy atom. The van der Waals surface area contributed by atoms with Gasteiger partial charge in [-0.2, -0.15) is 0 Å². The summed E-state index contributed by atoms with van der Waals surface area (Å²) in [6, 6.07) is 16.4. The van der Waals surface area contributed by atoms with E-state index in [1.54, 1.807) is 12.0 Å². The van der Waals surface area contributed by atoms with Gasteiger partial charge >= 0.3 is 6.03 Å². The first kappa shape index (κ1) is 20.7. The van der Waals surface area contributed by atoms with E-state index in [0.29, 0.717) is 26.1 Å². The molecule has 2 aliphatic heterocycles. The predicted octanol–water partition coefficient (Wildman–Crippen LogP) is 1.06. The molecule has 2 heterocycles. The number of urea groups is 1. The Bertz CT molecular complexity index is 955. The van der Waals surface area contributed by atoms with Crippen molar-refractivity contribution in [3.05, 3.63) is 65.7 Å². The van der Waals surface area contributed by atoms with Gasteiger partial charge in [-0.05, 0) is 29.7 Å². The highest BCUT2D eigenvalue weighted by Gasteiger charge is 2.52. The summed E-state index contributed by atoms with van der Waals surface area (Å²) in [5.41, 5.74) is 1.32. The van der Waals surface area contributed by atoms with E-state index in [4.69, 9.17) is 4.74 Å². The smallest absolute Gasteiger partial charge is 0.315 e. The van der Waals surface area contributed by atoms with Crippen LogP contribution in [0, 0.1) is 5.41 Å². The van der Waals surface area contributed by atoms with Crippen LogP contribution >= 0.6 is 0 Å². The molecular formula is C23H26N4O4. The molecule has 2 fully saturated rings. The Labute approximate surface area is 180 Å². The fourth-order valence-electron chi connectivity index (χ4n) is 4.10. The maximum Gasteiger partial charge on any atom is 0.315 e. The van der Waals surface area contributed by atoms with E-state index in [1.165, 1.54) is 0 Å². The maximum atomic E-state index is 13.2. The molecule has 0 aromatic heterocycles. The van der Waals surface area contributed by atoms with Crippen LogP contribution < -0.4 is 20.7 Å². The van der Waals surface area contributed by atoms with Crippen molar-refractivity contribution in [1.82, 2.24) is 20.9 Å². The number of ether oxygens (including phenoxy) is 1. The number of rotatable bonds is 7. The van der Waals surface area contributed by atoms with E-state index in [1.807, 2.05) is 54.6 Å². The van der Waals surface area contributed by atoms with Gasteiger partial charge in [0, 0.05) is 26.2 Å². The van der Waals surface area contributed by atoms with Crippen LogP contribution in [-0.4, -0.2) is 55.5 Å². The molecule has 3 N–H and O–H groups in total. The SMILES string of the molecule is COc1ccc(CNC(=O)C2(Cc3ccccc3)CN(C(=O)C3CNC(=O)N3)C2)cc1. The average molecular weight is 422 g/mol. The summed E-state index contributed by atoms with van der Waals surface area (Å²) in [5.74, 6) is 0.520. The topological polar surface area (TPSA) is 99.8 Å². The minimum Gasteiger partial charge on any atom is -0.497 e. The molecular weight excluding hydrogens is 396 g/mol. The van der Waals surface area contributed by atoms with Gasteiger partial charge in [0.2, 0.25) is 11.8 Å². The largest absolute Gasteiger partial charge is 0.497 e. The van der Waals surface area contributed by atoms with Gasteiger partial charge in [0.15, 0.2) is 0 Å². The third-order valence-corrected chi connectivity index (χ3v) is 5.85. The fourth-order valence-corrected chi connectivity index (χ4v) is 4.10. The molecule has 4 amide bonds. The van der Waals surface area contributed by atoms with E-state index in [9.17, 15) is 14.4 Å². The van der Waals surface area contributed by atoms with Crippen LogP contribution in [0.2, 0.25) is 0 Å². The molecule has 8 nitrogen and oxygen atoms in total. The van der Waals surface area contributed by atoms with Crippen LogP contribution in [0.25, 0.3) is 0 Å². The first-order valence-corrected chi connectivity index (χ1v) is 10.3. The number of carbonyl (C=O) groups is 3. The van der Waals surface area contributed by atoms with Crippen molar-refractivity contribution >= 4 is 17.8 Å². The number of likely N-dealkylation sites (tertiary alicyclic amines) is 1. The number of methoxy groups -OCH3 is 1. The van der Waals surface area contributed by atoms with Gasteiger partial charge in [-0.15, -0.1) is 0 Å². The molecule has 162 valence electrons. The molecule has 4 rings (SSSR count). The molecule has 1 atom stereocenters. The molecule has 1 unspecified atom stereocenters. The molecule has 0 saturated carbocycles. The van der Waals surface area contributed by atoms with Crippen LogP contribution in [-0.2, 0) is 22.6 Å². The van der Waals surface area contributed by atoms with Gasteiger partial charge in [0.1, 0.15) is 11.8 Å². The van der Waals surface area contributed by atoms with E-state index < -0.39 is 11.5 Å². The van der Waals surface area contributed by atoms with Crippen molar-refractivity contribution in [3.8, 4) is 5.75 Å². The quantitative estimate of drug-likeness (QED) is 0.621. The van der Waals surface area contributed by atoms with E-state index >= 15 is 0 Å². The molecule has 31 heavy (non-hydrogen) atoms. The molecule has 8 heteroatoms. The Kier molecular flexibility index (Phi) is 5.79. The molecule has 2 aromatic rings. The molecule has 0 aliphatic carbocycles. The van der Waals surface area contributed by atoms with Crippen molar-refractivity contribution in [1.29, 1.82) is 0 Å². The highest BCUT2D eigenvalue weighted by Crippen LogP contribution is 2.35. The normalized spacial score (nSPS) is 19.1. The molecule has 0 radical (unpaired) electrons. The van der Waals surface area contributed by atoms with Crippen LogP contribution in [0.4, 0.5) is 4.79 Å². The summed E-state index contributed by atoms with van der Waals surface area (Å²) in [7, 11) is 1.61. The Morgan fingerprint density at radius 3 is 2.42 bits per heavy atom. The summed E-state index contributed by atoms with van der Waals surface area (Å²) >= 11 is 0. The number of hydrogen-bond acceptors (Lipinski definition) is 4. The van der Waals surface area contributed by atoms with Gasteiger partial charge < -0.3 is 25.6 Å². The fraction of sp³-hybridized carbons (Fsp3) is 0.348. The number of nitrogens with zero attached hydrogens (tertiary/aromatic N) is 1. The minimum atomic E-state index is -0.695. The lowest BCUT2D eigenvalue weighted by molar-refractivity contribution is -0.154. The van der Waals surface area contributed by atoms with Crippen molar-refractivity contribution in [2.45, 2.75) is 19.0 Å². The van der Waals surface area contributed by atoms with Crippen LogP contribution in [0.15, 0.2) is 54.6 Å². The lowest BCUT2D eigenvalue weighted by Gasteiger charge is -2.49. The first-order valence-electron chi connectivity index (χ1n) is 10.3. The zero-order valence-corrected chi connectivity index (χ0v) is 17.4. The third kappa shape index (κ3) is 4.47. The summed E-state index contributed by atoms with van der Waals surface area (Å²) in [6.07, 6.45) is 0.543. The standard InChI is InChI=1S/C23H26N4O4/c1-31-18-9-7-17(8-10-18)12-24-21(29)23(11-16-5-3-2-4-6-16)14-27(15-23)20(28)19-13-25-22(30)26-19/h2-10,19H,11-15H2,1H3,(H,24,29)(H2,25,26,30). The van der Waals surface area contributed by atoms with Crippen LogP contribution in [0.1, 0.15) is 11.1 Å². The molecule has 0 bridgehead atoms. The van der Waals surface area contributed by atoms with Gasteiger partial charge in [-0.3, -0.25) is 9.59 Å². The monoisotopic (exact) mass is 422 g/mol. The Morgan fingerprint density at radius 2 is 1.81 bits per heavy atom.